The fraction of sp³-hybridized carbons (Fsp3) is 0.545. The summed E-state index contributed by atoms with van der Waals surface area (Å²) in [5.74, 6) is 0. The van der Waals surface area contributed by atoms with Crippen molar-refractivity contribution in [1.82, 2.24) is 5.10 Å². The van der Waals surface area contributed by atoms with Gasteiger partial charge in [0.1, 0.15) is 0 Å². The largest absolute Gasteiger partial charge is 0.362 e. The van der Waals surface area contributed by atoms with Crippen LogP contribution in [-0.4, -0.2) is 11.1 Å². The first-order valence-corrected chi connectivity index (χ1v) is 12.3. The molecule has 1 aromatic carbocycles. The second-order valence-corrected chi connectivity index (χ2v) is 11.0. The quantitative estimate of drug-likeness (QED) is 0.462. The Morgan fingerprint density at radius 2 is 1.76 bits per heavy atom. The van der Waals surface area contributed by atoms with Crippen LogP contribution in [0.2, 0.25) is 15.1 Å². The van der Waals surface area contributed by atoms with Crippen LogP contribution in [-0.2, 0) is 0 Å². The molecule has 0 bridgehead atoms. The Hall–Kier alpha value is -0.810. The SMILES string of the molecule is CC1=C(c2n[n+](-c3c(Cl)cc(Cl)cc3Cl)c(NC3CCCCC3)s2)CCC1(C)C. The third-order valence-electron chi connectivity index (χ3n) is 6.43. The van der Waals surface area contributed by atoms with E-state index in [1.54, 1.807) is 23.5 Å². The molecule has 1 fully saturated rings. The van der Waals surface area contributed by atoms with Crippen LogP contribution >= 0.6 is 46.1 Å². The Morgan fingerprint density at radius 1 is 1.10 bits per heavy atom. The van der Waals surface area contributed by atoms with E-state index in [0.29, 0.717) is 26.8 Å². The lowest BCUT2D eigenvalue weighted by Crippen LogP contribution is -2.39. The van der Waals surface area contributed by atoms with E-state index in [-0.39, 0.29) is 5.41 Å². The smallest absolute Gasteiger partial charge is 0.260 e. The number of halogens is 3. The van der Waals surface area contributed by atoms with Gasteiger partial charge in [-0.2, -0.15) is 0 Å². The minimum atomic E-state index is 0.221. The number of nitrogens with one attached hydrogen (secondary N) is 1. The summed E-state index contributed by atoms with van der Waals surface area (Å²) in [6, 6.07) is 3.91. The van der Waals surface area contributed by atoms with E-state index in [0.717, 1.165) is 23.0 Å². The average molecular weight is 472 g/mol. The molecule has 2 aromatic rings. The van der Waals surface area contributed by atoms with E-state index in [2.05, 4.69) is 26.1 Å². The predicted molar refractivity (Wildman–Crippen MR) is 125 cm³/mol. The highest BCUT2D eigenvalue weighted by Crippen LogP contribution is 2.47. The number of rotatable bonds is 4. The van der Waals surface area contributed by atoms with Crippen LogP contribution in [0.25, 0.3) is 11.3 Å². The van der Waals surface area contributed by atoms with Crippen molar-refractivity contribution < 1.29 is 4.68 Å². The van der Waals surface area contributed by atoms with Crippen molar-refractivity contribution in [3.63, 3.8) is 0 Å². The summed E-state index contributed by atoms with van der Waals surface area (Å²) < 4.78 is 1.89. The van der Waals surface area contributed by atoms with E-state index in [4.69, 9.17) is 39.9 Å². The molecule has 0 unspecified atom stereocenters. The van der Waals surface area contributed by atoms with Gasteiger partial charge in [-0.05, 0) is 79.9 Å². The minimum Gasteiger partial charge on any atom is -0.260 e. The van der Waals surface area contributed by atoms with Gasteiger partial charge in [0.25, 0.3) is 0 Å². The Kier molecular flexibility index (Phi) is 6.19. The monoisotopic (exact) mass is 470 g/mol. The minimum absolute atomic E-state index is 0.221. The number of aromatic nitrogens is 2. The fourth-order valence-electron chi connectivity index (χ4n) is 4.30. The molecule has 156 valence electrons. The van der Waals surface area contributed by atoms with Crippen molar-refractivity contribution in [2.75, 3.05) is 5.32 Å². The third-order valence-corrected chi connectivity index (χ3v) is 8.23. The van der Waals surface area contributed by atoms with Gasteiger partial charge in [0.2, 0.25) is 0 Å². The van der Waals surface area contributed by atoms with Gasteiger partial charge in [0, 0.05) is 5.02 Å². The maximum Gasteiger partial charge on any atom is 0.362 e. The lowest BCUT2D eigenvalue weighted by atomic mass is 9.86. The van der Waals surface area contributed by atoms with Crippen LogP contribution < -0.4 is 10.00 Å². The summed E-state index contributed by atoms with van der Waals surface area (Å²) in [5, 5.41) is 12.3. The van der Waals surface area contributed by atoms with Crippen molar-refractivity contribution in [3.05, 3.63) is 37.8 Å². The van der Waals surface area contributed by atoms with Gasteiger partial charge in [0.15, 0.2) is 10.7 Å². The number of hydrogen-bond acceptors (Lipinski definition) is 3. The predicted octanol–water partition coefficient (Wildman–Crippen LogP) is 7.72. The summed E-state index contributed by atoms with van der Waals surface area (Å²) in [5.41, 5.74) is 3.69. The summed E-state index contributed by atoms with van der Waals surface area (Å²) in [6.45, 7) is 6.86. The summed E-state index contributed by atoms with van der Waals surface area (Å²) in [7, 11) is 0. The molecule has 1 heterocycles. The van der Waals surface area contributed by atoms with Crippen LogP contribution in [0.4, 0.5) is 5.13 Å². The van der Waals surface area contributed by atoms with Gasteiger partial charge in [0.05, 0.1) is 16.1 Å². The van der Waals surface area contributed by atoms with Crippen molar-refractivity contribution in [3.8, 4) is 5.69 Å². The molecular formula is C22H27Cl3N3S+. The second kappa shape index (κ2) is 8.37. The normalized spacial score (nSPS) is 19.8. The molecule has 3 nitrogen and oxygen atoms in total. The molecular weight excluding hydrogens is 445 g/mol. The molecule has 4 rings (SSSR count). The zero-order valence-corrected chi connectivity index (χ0v) is 20.2. The highest BCUT2D eigenvalue weighted by molar-refractivity contribution is 7.15. The third kappa shape index (κ3) is 4.32. The van der Waals surface area contributed by atoms with Gasteiger partial charge in [-0.3, -0.25) is 5.32 Å². The molecule has 2 aliphatic carbocycles. The standard InChI is InChI=1S/C22H26Cl3N3S/c1-13-16(9-10-22(13,2)3)20-27-28(19-17(24)11-14(23)12-18(19)25)21(29-20)26-15-7-5-4-6-8-15/h11-12,15H,4-10H2,1-3H3/p+1. The Labute approximate surface area is 192 Å². The zero-order chi connectivity index (χ0) is 20.8. The Bertz CT molecular complexity index is 935. The molecule has 1 saturated carbocycles. The van der Waals surface area contributed by atoms with E-state index in [1.807, 2.05) is 4.68 Å². The van der Waals surface area contributed by atoms with E-state index in [1.165, 1.54) is 43.3 Å². The molecule has 2 aliphatic rings. The first kappa shape index (κ1) is 21.4. The summed E-state index contributed by atoms with van der Waals surface area (Å²) in [6.07, 6.45) is 8.43. The van der Waals surface area contributed by atoms with Crippen LogP contribution in [0.1, 0.15) is 70.7 Å². The summed E-state index contributed by atoms with van der Waals surface area (Å²) in [4.78, 5) is 0. The van der Waals surface area contributed by atoms with Gasteiger partial charge in [-0.15, -0.1) is 0 Å². The lowest BCUT2D eigenvalue weighted by Gasteiger charge is -2.18. The van der Waals surface area contributed by atoms with E-state index >= 15 is 0 Å². The van der Waals surface area contributed by atoms with Gasteiger partial charge in [-0.1, -0.05) is 70.4 Å². The van der Waals surface area contributed by atoms with Crippen molar-refractivity contribution in [1.29, 1.82) is 0 Å². The van der Waals surface area contributed by atoms with Crippen molar-refractivity contribution in [2.24, 2.45) is 5.41 Å². The second-order valence-electron chi connectivity index (χ2n) is 8.81. The molecule has 0 spiro atoms. The molecule has 0 saturated heterocycles. The average Bonchev–Trinajstić information content (AvgIpc) is 3.16. The first-order valence-electron chi connectivity index (χ1n) is 10.3. The molecule has 0 atom stereocenters. The number of allylic oxidation sites excluding steroid dienone is 2. The zero-order valence-electron chi connectivity index (χ0n) is 17.1. The summed E-state index contributed by atoms with van der Waals surface area (Å²) >= 11 is 21.0. The van der Waals surface area contributed by atoms with Crippen LogP contribution in [0, 0.1) is 5.41 Å². The van der Waals surface area contributed by atoms with Gasteiger partial charge >= 0.3 is 5.13 Å². The molecule has 0 aliphatic heterocycles. The molecule has 1 aromatic heterocycles. The maximum atomic E-state index is 6.56. The van der Waals surface area contributed by atoms with Crippen LogP contribution in [0.15, 0.2) is 17.7 Å². The van der Waals surface area contributed by atoms with Gasteiger partial charge in [-0.25, -0.2) is 0 Å². The highest BCUT2D eigenvalue weighted by Gasteiger charge is 2.34. The van der Waals surface area contributed by atoms with E-state index < -0.39 is 0 Å². The number of nitrogens with zero attached hydrogens (tertiary/aromatic N) is 2. The fourth-order valence-corrected chi connectivity index (χ4v) is 6.41. The number of hydrogen-bond donors (Lipinski definition) is 1. The van der Waals surface area contributed by atoms with Crippen molar-refractivity contribution in [2.45, 2.75) is 71.8 Å². The maximum absolute atomic E-state index is 6.56. The van der Waals surface area contributed by atoms with Crippen LogP contribution in [0.5, 0.6) is 0 Å². The molecule has 29 heavy (non-hydrogen) atoms. The Morgan fingerprint density at radius 3 is 2.34 bits per heavy atom. The Balaban J connectivity index is 1.81. The molecule has 0 radical (unpaired) electrons. The first-order chi connectivity index (χ1) is 13.8. The van der Waals surface area contributed by atoms with Gasteiger partial charge < -0.3 is 0 Å². The highest BCUT2D eigenvalue weighted by atomic mass is 35.5. The topological polar surface area (TPSA) is 28.8 Å². The van der Waals surface area contributed by atoms with E-state index in [9.17, 15) is 0 Å². The number of anilines is 1. The molecule has 1 N–H and O–H groups in total. The lowest BCUT2D eigenvalue weighted by molar-refractivity contribution is -0.640. The number of benzene rings is 1. The molecule has 7 heteroatoms. The molecule has 0 amide bonds. The van der Waals surface area contributed by atoms with Crippen molar-refractivity contribution >= 4 is 56.8 Å². The van der Waals surface area contributed by atoms with Crippen LogP contribution in [0.3, 0.4) is 0 Å².